The number of hydrogen-bond donors (Lipinski definition) is 1. The molecule has 1 aliphatic rings. The van der Waals surface area contributed by atoms with Crippen molar-refractivity contribution in [1.82, 2.24) is 0 Å². The number of aliphatic carboxylic acids is 1. The highest BCUT2D eigenvalue weighted by molar-refractivity contribution is 6.30. The lowest BCUT2D eigenvalue weighted by molar-refractivity contribution is -0.137. The molecule has 0 heterocycles. The zero-order chi connectivity index (χ0) is 13.7. The summed E-state index contributed by atoms with van der Waals surface area (Å²) in [5.41, 5.74) is 1.40. The van der Waals surface area contributed by atoms with Crippen LogP contribution in [0, 0.1) is 5.92 Å². The van der Waals surface area contributed by atoms with Crippen molar-refractivity contribution in [1.29, 1.82) is 0 Å². The quantitative estimate of drug-likeness (QED) is 0.835. The number of carboxylic acids is 1. The molecule has 1 N–H and O–H groups in total. The van der Waals surface area contributed by atoms with E-state index in [0.29, 0.717) is 12.3 Å². The Bertz CT molecular complexity index is 405. The molecule has 0 saturated heterocycles. The standard InChI is InChI=1S/C16H21ClO2/c17-15-10-8-14(9-11-15)13-6-4-12(5-7-13)2-1-3-16(18)19/h8-13H,1-7H2,(H,18,19)/t12-,13-. The van der Waals surface area contributed by atoms with Crippen LogP contribution in [0.15, 0.2) is 24.3 Å². The van der Waals surface area contributed by atoms with E-state index in [1.165, 1.54) is 31.2 Å². The number of rotatable bonds is 5. The predicted octanol–water partition coefficient (Wildman–Crippen LogP) is 4.87. The molecule has 1 aromatic carbocycles. The highest BCUT2D eigenvalue weighted by Crippen LogP contribution is 2.37. The molecule has 0 atom stereocenters. The van der Waals surface area contributed by atoms with Gasteiger partial charge in [0, 0.05) is 11.4 Å². The minimum absolute atomic E-state index is 0.317. The highest BCUT2D eigenvalue weighted by Gasteiger charge is 2.22. The van der Waals surface area contributed by atoms with Crippen molar-refractivity contribution < 1.29 is 9.90 Å². The average Bonchev–Trinajstić information content (AvgIpc) is 2.40. The fourth-order valence-electron chi connectivity index (χ4n) is 3.06. The Morgan fingerprint density at radius 3 is 2.37 bits per heavy atom. The lowest BCUT2D eigenvalue weighted by Gasteiger charge is -2.28. The van der Waals surface area contributed by atoms with Crippen molar-refractivity contribution in [3.05, 3.63) is 34.9 Å². The van der Waals surface area contributed by atoms with Gasteiger partial charge in [0.1, 0.15) is 0 Å². The van der Waals surface area contributed by atoms with Gasteiger partial charge in [-0.15, -0.1) is 0 Å². The zero-order valence-electron chi connectivity index (χ0n) is 11.1. The summed E-state index contributed by atoms with van der Waals surface area (Å²) in [7, 11) is 0. The van der Waals surface area contributed by atoms with Gasteiger partial charge in [-0.05, 0) is 68.1 Å². The first kappa shape index (κ1) is 14.4. The van der Waals surface area contributed by atoms with E-state index in [1.54, 1.807) is 0 Å². The summed E-state index contributed by atoms with van der Waals surface area (Å²) in [6.07, 6.45) is 7.11. The second kappa shape index (κ2) is 6.95. The van der Waals surface area contributed by atoms with E-state index in [0.717, 1.165) is 23.8 Å². The van der Waals surface area contributed by atoms with Crippen LogP contribution in [0.3, 0.4) is 0 Å². The van der Waals surface area contributed by atoms with Gasteiger partial charge >= 0.3 is 5.97 Å². The molecule has 0 aliphatic heterocycles. The topological polar surface area (TPSA) is 37.3 Å². The predicted molar refractivity (Wildman–Crippen MR) is 77.6 cm³/mol. The Labute approximate surface area is 119 Å². The van der Waals surface area contributed by atoms with Crippen molar-refractivity contribution in [3.63, 3.8) is 0 Å². The Morgan fingerprint density at radius 2 is 1.79 bits per heavy atom. The summed E-state index contributed by atoms with van der Waals surface area (Å²) in [4.78, 5) is 10.5. The van der Waals surface area contributed by atoms with Gasteiger partial charge in [-0.1, -0.05) is 23.7 Å². The average molecular weight is 281 g/mol. The summed E-state index contributed by atoms with van der Waals surface area (Å²) < 4.78 is 0. The van der Waals surface area contributed by atoms with Crippen LogP contribution >= 0.6 is 11.6 Å². The van der Waals surface area contributed by atoms with Crippen molar-refractivity contribution in [3.8, 4) is 0 Å². The number of hydrogen-bond acceptors (Lipinski definition) is 1. The smallest absolute Gasteiger partial charge is 0.303 e. The molecule has 2 rings (SSSR count). The monoisotopic (exact) mass is 280 g/mol. The van der Waals surface area contributed by atoms with E-state index in [9.17, 15) is 4.79 Å². The first-order valence-corrected chi connectivity index (χ1v) is 7.50. The molecular formula is C16H21ClO2. The Hall–Kier alpha value is -1.02. The lowest BCUT2D eigenvalue weighted by atomic mass is 9.77. The van der Waals surface area contributed by atoms with Crippen LogP contribution in [0.25, 0.3) is 0 Å². The van der Waals surface area contributed by atoms with Gasteiger partial charge < -0.3 is 5.11 Å². The van der Waals surface area contributed by atoms with Crippen molar-refractivity contribution >= 4 is 17.6 Å². The van der Waals surface area contributed by atoms with E-state index < -0.39 is 5.97 Å². The maximum atomic E-state index is 10.5. The summed E-state index contributed by atoms with van der Waals surface area (Å²) in [6, 6.07) is 8.21. The Morgan fingerprint density at radius 1 is 1.16 bits per heavy atom. The molecule has 1 saturated carbocycles. The first-order valence-electron chi connectivity index (χ1n) is 7.12. The molecule has 0 amide bonds. The van der Waals surface area contributed by atoms with Gasteiger partial charge in [-0.25, -0.2) is 0 Å². The van der Waals surface area contributed by atoms with Gasteiger partial charge in [0.2, 0.25) is 0 Å². The Kier molecular flexibility index (Phi) is 5.26. The SMILES string of the molecule is O=C(O)CCC[C@H]1CC[C@H](c2ccc(Cl)cc2)CC1. The maximum absolute atomic E-state index is 10.5. The molecule has 0 unspecified atom stereocenters. The van der Waals surface area contributed by atoms with Crippen LogP contribution in [-0.4, -0.2) is 11.1 Å². The largest absolute Gasteiger partial charge is 0.481 e. The van der Waals surface area contributed by atoms with Gasteiger partial charge in [0.05, 0.1) is 0 Å². The minimum atomic E-state index is -0.671. The van der Waals surface area contributed by atoms with Crippen LogP contribution in [0.2, 0.25) is 5.02 Å². The Balaban J connectivity index is 1.76. The third-order valence-electron chi connectivity index (χ3n) is 4.19. The normalized spacial score (nSPS) is 23.2. The molecule has 1 aromatic rings. The fourth-order valence-corrected chi connectivity index (χ4v) is 3.19. The molecular weight excluding hydrogens is 260 g/mol. The van der Waals surface area contributed by atoms with Gasteiger partial charge in [-0.3, -0.25) is 4.79 Å². The van der Waals surface area contributed by atoms with Crippen molar-refractivity contribution in [2.24, 2.45) is 5.92 Å². The van der Waals surface area contributed by atoms with E-state index in [4.69, 9.17) is 16.7 Å². The molecule has 1 aliphatic carbocycles. The number of benzene rings is 1. The molecule has 1 fully saturated rings. The van der Waals surface area contributed by atoms with Crippen molar-refractivity contribution in [2.45, 2.75) is 50.9 Å². The molecule has 0 radical (unpaired) electrons. The zero-order valence-corrected chi connectivity index (χ0v) is 11.9. The molecule has 0 spiro atoms. The summed E-state index contributed by atoms with van der Waals surface area (Å²) in [6.45, 7) is 0. The lowest BCUT2D eigenvalue weighted by Crippen LogP contribution is -2.13. The van der Waals surface area contributed by atoms with Crippen LogP contribution in [0.4, 0.5) is 0 Å². The van der Waals surface area contributed by atoms with Crippen LogP contribution in [0.5, 0.6) is 0 Å². The summed E-state index contributed by atoms with van der Waals surface area (Å²) in [5, 5.41) is 9.44. The first-order chi connectivity index (χ1) is 9.15. The second-order valence-corrected chi connectivity index (χ2v) is 5.99. The van der Waals surface area contributed by atoms with E-state index in [-0.39, 0.29) is 0 Å². The fraction of sp³-hybridized carbons (Fsp3) is 0.562. The van der Waals surface area contributed by atoms with Gasteiger partial charge in [-0.2, -0.15) is 0 Å². The number of carbonyl (C=O) groups is 1. The van der Waals surface area contributed by atoms with E-state index in [1.807, 2.05) is 12.1 Å². The van der Waals surface area contributed by atoms with E-state index >= 15 is 0 Å². The third kappa shape index (κ3) is 4.54. The highest BCUT2D eigenvalue weighted by atomic mass is 35.5. The number of halogens is 1. The molecule has 3 heteroatoms. The van der Waals surface area contributed by atoms with Crippen LogP contribution < -0.4 is 0 Å². The molecule has 0 bridgehead atoms. The van der Waals surface area contributed by atoms with Gasteiger partial charge in [0.25, 0.3) is 0 Å². The number of carboxylic acid groups (broad SMARTS) is 1. The molecule has 2 nitrogen and oxygen atoms in total. The maximum Gasteiger partial charge on any atom is 0.303 e. The summed E-state index contributed by atoms with van der Waals surface area (Å²) in [5.74, 6) is 0.714. The molecule has 19 heavy (non-hydrogen) atoms. The third-order valence-corrected chi connectivity index (χ3v) is 4.44. The molecule has 0 aromatic heterocycles. The molecule has 104 valence electrons. The minimum Gasteiger partial charge on any atom is -0.481 e. The van der Waals surface area contributed by atoms with Gasteiger partial charge in [0.15, 0.2) is 0 Å². The summed E-state index contributed by atoms with van der Waals surface area (Å²) >= 11 is 5.91. The van der Waals surface area contributed by atoms with Crippen LogP contribution in [0.1, 0.15) is 56.4 Å². The van der Waals surface area contributed by atoms with Crippen LogP contribution in [-0.2, 0) is 4.79 Å². The second-order valence-electron chi connectivity index (χ2n) is 5.56. The van der Waals surface area contributed by atoms with E-state index in [2.05, 4.69) is 12.1 Å². The van der Waals surface area contributed by atoms with Crippen molar-refractivity contribution in [2.75, 3.05) is 0 Å².